The second-order valence-corrected chi connectivity index (χ2v) is 5.83. The number of allylic oxidation sites excluding steroid dienone is 1. The Labute approximate surface area is 141 Å². The molecule has 120 valence electrons. The second kappa shape index (κ2) is 8.99. The minimum absolute atomic E-state index is 0.621. The third-order valence-corrected chi connectivity index (χ3v) is 4.32. The zero-order valence-electron chi connectivity index (χ0n) is 14.1. The van der Waals surface area contributed by atoms with Crippen LogP contribution in [0.15, 0.2) is 73.8 Å². The Hall–Kier alpha value is -2.28. The molecule has 1 atom stereocenters. The number of benzene rings is 2. The quantitative estimate of drug-likeness (QED) is 0.480. The van der Waals surface area contributed by atoms with Crippen molar-refractivity contribution in [2.24, 2.45) is 5.92 Å². The van der Waals surface area contributed by atoms with Crippen LogP contribution in [0.1, 0.15) is 31.7 Å². The van der Waals surface area contributed by atoms with Gasteiger partial charge in [-0.2, -0.15) is 0 Å². The van der Waals surface area contributed by atoms with Crippen LogP contribution in [0.2, 0.25) is 0 Å². The molecule has 0 aromatic heterocycles. The largest absolute Gasteiger partial charge is 0.341 e. The average Bonchev–Trinajstić information content (AvgIpc) is 2.63. The zero-order valence-corrected chi connectivity index (χ0v) is 14.1. The van der Waals surface area contributed by atoms with Gasteiger partial charge in [-0.3, -0.25) is 0 Å². The normalized spacial score (nSPS) is 11.7. The number of para-hydroxylation sites is 1. The van der Waals surface area contributed by atoms with Crippen molar-refractivity contribution < 1.29 is 0 Å². The van der Waals surface area contributed by atoms with Gasteiger partial charge in [0.25, 0.3) is 0 Å². The van der Waals surface area contributed by atoms with Crippen LogP contribution in [0.25, 0.3) is 6.08 Å². The van der Waals surface area contributed by atoms with Crippen LogP contribution in [0.3, 0.4) is 0 Å². The van der Waals surface area contributed by atoms with Crippen molar-refractivity contribution in [3.05, 3.63) is 79.4 Å². The average molecular weight is 305 g/mol. The lowest BCUT2D eigenvalue weighted by atomic mass is 10.0. The van der Waals surface area contributed by atoms with E-state index in [2.05, 4.69) is 85.7 Å². The van der Waals surface area contributed by atoms with Crippen LogP contribution in [-0.2, 0) is 0 Å². The van der Waals surface area contributed by atoms with Gasteiger partial charge in [-0.1, -0.05) is 56.0 Å². The Bertz CT molecular complexity index is 598. The van der Waals surface area contributed by atoms with Gasteiger partial charge in [0, 0.05) is 17.9 Å². The summed E-state index contributed by atoms with van der Waals surface area (Å²) >= 11 is 0. The summed E-state index contributed by atoms with van der Waals surface area (Å²) in [5.74, 6) is 0.621. The van der Waals surface area contributed by atoms with Crippen LogP contribution in [0.4, 0.5) is 11.4 Å². The second-order valence-electron chi connectivity index (χ2n) is 5.83. The molecule has 2 rings (SSSR count). The number of nitrogens with zero attached hydrogens (tertiary/aromatic N) is 1. The Morgan fingerprint density at radius 1 is 0.957 bits per heavy atom. The van der Waals surface area contributed by atoms with E-state index in [0.717, 1.165) is 18.5 Å². The predicted octanol–water partition coefficient (Wildman–Crippen LogP) is 6.46. The van der Waals surface area contributed by atoms with Gasteiger partial charge in [0.1, 0.15) is 0 Å². The first kappa shape index (κ1) is 17.1. The molecule has 0 N–H and O–H groups in total. The van der Waals surface area contributed by atoms with E-state index in [9.17, 15) is 0 Å². The van der Waals surface area contributed by atoms with E-state index in [4.69, 9.17) is 0 Å². The summed E-state index contributed by atoms with van der Waals surface area (Å²) in [4.78, 5) is 2.39. The summed E-state index contributed by atoms with van der Waals surface area (Å²) in [7, 11) is 0. The van der Waals surface area contributed by atoms with Crippen LogP contribution < -0.4 is 4.90 Å². The fourth-order valence-electron chi connectivity index (χ4n) is 2.81. The van der Waals surface area contributed by atoms with Gasteiger partial charge in [0.2, 0.25) is 0 Å². The molecular weight excluding hydrogens is 278 g/mol. The fraction of sp³-hybridized carbons (Fsp3) is 0.273. The molecule has 1 nitrogen and oxygen atoms in total. The van der Waals surface area contributed by atoms with Gasteiger partial charge in [-0.05, 0) is 55.0 Å². The molecule has 23 heavy (non-hydrogen) atoms. The summed E-state index contributed by atoms with van der Waals surface area (Å²) in [5, 5.41) is 0. The van der Waals surface area contributed by atoms with Crippen molar-refractivity contribution in [2.45, 2.75) is 26.2 Å². The minimum Gasteiger partial charge on any atom is -0.341 e. The van der Waals surface area contributed by atoms with Crippen molar-refractivity contribution in [1.82, 2.24) is 0 Å². The highest BCUT2D eigenvalue weighted by atomic mass is 15.1. The van der Waals surface area contributed by atoms with Crippen LogP contribution in [-0.4, -0.2) is 6.54 Å². The molecule has 2 aromatic carbocycles. The first-order chi connectivity index (χ1) is 11.3. The third kappa shape index (κ3) is 4.85. The highest BCUT2D eigenvalue weighted by Crippen LogP contribution is 2.27. The lowest BCUT2D eigenvalue weighted by Gasteiger charge is -2.26. The van der Waals surface area contributed by atoms with E-state index in [0.29, 0.717) is 5.92 Å². The smallest absolute Gasteiger partial charge is 0.0411 e. The number of hydrogen-bond acceptors (Lipinski definition) is 1. The molecule has 0 aliphatic rings. The van der Waals surface area contributed by atoms with Crippen molar-refractivity contribution in [3.63, 3.8) is 0 Å². The van der Waals surface area contributed by atoms with E-state index in [-0.39, 0.29) is 0 Å². The molecule has 0 bridgehead atoms. The summed E-state index contributed by atoms with van der Waals surface area (Å²) in [6.45, 7) is 11.0. The van der Waals surface area contributed by atoms with Gasteiger partial charge in [-0.15, -0.1) is 6.58 Å². The van der Waals surface area contributed by atoms with Gasteiger partial charge in [0.05, 0.1) is 0 Å². The monoisotopic (exact) mass is 305 g/mol. The van der Waals surface area contributed by atoms with Gasteiger partial charge in [0.15, 0.2) is 0 Å². The van der Waals surface area contributed by atoms with E-state index in [1.165, 1.54) is 24.2 Å². The van der Waals surface area contributed by atoms with Crippen LogP contribution in [0.5, 0.6) is 0 Å². The van der Waals surface area contributed by atoms with Crippen LogP contribution in [0, 0.1) is 5.92 Å². The van der Waals surface area contributed by atoms with Crippen molar-refractivity contribution in [2.75, 3.05) is 11.4 Å². The van der Waals surface area contributed by atoms with E-state index >= 15 is 0 Å². The first-order valence-corrected chi connectivity index (χ1v) is 8.46. The lowest BCUT2D eigenvalue weighted by molar-refractivity contribution is 0.549. The maximum Gasteiger partial charge on any atom is 0.0411 e. The summed E-state index contributed by atoms with van der Waals surface area (Å²) in [6.07, 6.45) is 7.48. The summed E-state index contributed by atoms with van der Waals surface area (Å²) in [6, 6.07) is 19.2. The molecule has 0 spiro atoms. The molecular formula is C22H27N. The minimum atomic E-state index is 0.621. The number of rotatable bonds is 9. The summed E-state index contributed by atoms with van der Waals surface area (Å²) < 4.78 is 0. The highest BCUT2D eigenvalue weighted by Gasteiger charge is 2.10. The van der Waals surface area contributed by atoms with Crippen molar-refractivity contribution in [1.29, 1.82) is 0 Å². The van der Waals surface area contributed by atoms with Gasteiger partial charge >= 0.3 is 0 Å². The fourth-order valence-corrected chi connectivity index (χ4v) is 2.81. The van der Waals surface area contributed by atoms with Gasteiger partial charge in [-0.25, -0.2) is 0 Å². The number of anilines is 2. The molecule has 0 heterocycles. The first-order valence-electron chi connectivity index (χ1n) is 8.46. The maximum absolute atomic E-state index is 3.94. The molecule has 0 aliphatic heterocycles. The van der Waals surface area contributed by atoms with Crippen LogP contribution >= 0.6 is 0 Å². The van der Waals surface area contributed by atoms with Crippen molar-refractivity contribution >= 4 is 17.5 Å². The summed E-state index contributed by atoms with van der Waals surface area (Å²) in [5.41, 5.74) is 3.62. The maximum atomic E-state index is 3.94. The molecule has 0 saturated heterocycles. The zero-order chi connectivity index (χ0) is 16.5. The highest BCUT2D eigenvalue weighted by molar-refractivity contribution is 5.64. The van der Waals surface area contributed by atoms with E-state index in [1.807, 2.05) is 6.08 Å². The predicted molar refractivity (Wildman–Crippen MR) is 103 cm³/mol. The standard InChI is InChI=1S/C22H27N/c1-4-19(5-2)11-10-18-23(21-12-8-7-9-13-21)22-16-14-20(6-3)15-17-22/h4,6-9,12-17,19H,1,3,5,10-11,18H2,2H3. The number of hydrogen-bond donors (Lipinski definition) is 0. The Morgan fingerprint density at radius 2 is 1.61 bits per heavy atom. The molecule has 1 unspecified atom stereocenters. The Kier molecular flexibility index (Phi) is 6.68. The lowest BCUT2D eigenvalue weighted by Crippen LogP contribution is -2.19. The van der Waals surface area contributed by atoms with E-state index < -0.39 is 0 Å². The molecule has 0 aliphatic carbocycles. The Balaban J connectivity index is 2.14. The molecule has 1 heteroatoms. The van der Waals surface area contributed by atoms with E-state index in [1.54, 1.807) is 0 Å². The van der Waals surface area contributed by atoms with Crippen molar-refractivity contribution in [3.8, 4) is 0 Å². The SMILES string of the molecule is C=Cc1ccc(N(CCCC(C=C)CC)c2ccccc2)cc1. The molecule has 0 saturated carbocycles. The molecule has 0 fully saturated rings. The van der Waals surface area contributed by atoms with Gasteiger partial charge < -0.3 is 4.90 Å². The topological polar surface area (TPSA) is 3.24 Å². The third-order valence-electron chi connectivity index (χ3n) is 4.32. The molecule has 0 amide bonds. The Morgan fingerprint density at radius 3 is 2.17 bits per heavy atom. The molecule has 0 radical (unpaired) electrons. The molecule has 2 aromatic rings.